The Morgan fingerprint density at radius 2 is 1.88 bits per heavy atom. The molecule has 0 aromatic heterocycles. The summed E-state index contributed by atoms with van der Waals surface area (Å²) in [6.45, 7) is 12.4. The fourth-order valence-corrected chi connectivity index (χ4v) is 1.75. The van der Waals surface area contributed by atoms with Crippen LogP contribution in [-0.2, 0) is 0 Å². The minimum absolute atomic E-state index is 0.503. The molecule has 2 nitrogen and oxygen atoms in total. The Labute approximate surface area is 105 Å². The summed E-state index contributed by atoms with van der Waals surface area (Å²) in [7, 11) is 0. The van der Waals surface area contributed by atoms with Gasteiger partial charge < -0.3 is 10.1 Å². The minimum Gasteiger partial charge on any atom is -0.492 e. The maximum absolute atomic E-state index is 5.87. The third-order valence-corrected chi connectivity index (χ3v) is 2.70. The Kier molecular flexibility index (Phi) is 5.49. The Morgan fingerprint density at radius 3 is 2.47 bits per heavy atom. The van der Waals surface area contributed by atoms with E-state index in [1.807, 2.05) is 0 Å². The van der Waals surface area contributed by atoms with Gasteiger partial charge in [-0.3, -0.25) is 0 Å². The van der Waals surface area contributed by atoms with Crippen LogP contribution >= 0.6 is 0 Å². The summed E-state index contributed by atoms with van der Waals surface area (Å²) in [6, 6.07) is 6.96. The van der Waals surface area contributed by atoms with E-state index in [9.17, 15) is 0 Å². The molecular formula is C15H25NO. The van der Waals surface area contributed by atoms with Gasteiger partial charge in [-0.05, 0) is 30.0 Å². The van der Waals surface area contributed by atoms with Gasteiger partial charge in [0.1, 0.15) is 12.4 Å². The fraction of sp³-hybridized carbons (Fsp3) is 0.600. The lowest BCUT2D eigenvalue weighted by molar-refractivity contribution is 0.305. The van der Waals surface area contributed by atoms with Crippen LogP contribution in [0.3, 0.4) is 0 Å². The second-order valence-corrected chi connectivity index (χ2v) is 5.15. The smallest absolute Gasteiger partial charge is 0.123 e. The average Bonchev–Trinajstić information content (AvgIpc) is 2.23. The van der Waals surface area contributed by atoms with E-state index in [0.717, 1.165) is 18.9 Å². The zero-order chi connectivity index (χ0) is 12.8. The van der Waals surface area contributed by atoms with Crippen molar-refractivity contribution in [1.82, 2.24) is 5.32 Å². The predicted molar refractivity (Wildman–Crippen MR) is 73.9 cm³/mol. The lowest BCUT2D eigenvalue weighted by Gasteiger charge is -2.15. The van der Waals surface area contributed by atoms with Crippen molar-refractivity contribution < 1.29 is 4.74 Å². The van der Waals surface area contributed by atoms with E-state index in [1.54, 1.807) is 0 Å². The zero-order valence-electron chi connectivity index (χ0n) is 11.7. The molecule has 0 saturated carbocycles. The van der Waals surface area contributed by atoms with E-state index >= 15 is 0 Å². The Bertz CT molecular complexity index is 345. The van der Waals surface area contributed by atoms with Crippen LogP contribution in [0.15, 0.2) is 18.2 Å². The van der Waals surface area contributed by atoms with Gasteiger partial charge in [-0.25, -0.2) is 0 Å². The minimum atomic E-state index is 0.503. The van der Waals surface area contributed by atoms with E-state index < -0.39 is 0 Å². The SMILES string of the molecule is Cc1ccc(C(C)C)c(OCCNC(C)C)c1. The number of nitrogens with one attached hydrogen (secondary N) is 1. The van der Waals surface area contributed by atoms with Crippen LogP contribution < -0.4 is 10.1 Å². The molecule has 17 heavy (non-hydrogen) atoms. The van der Waals surface area contributed by atoms with Crippen molar-refractivity contribution in [2.45, 2.75) is 46.6 Å². The number of ether oxygens (including phenoxy) is 1. The zero-order valence-corrected chi connectivity index (χ0v) is 11.7. The summed E-state index contributed by atoms with van der Waals surface area (Å²) in [5.74, 6) is 1.54. The predicted octanol–water partition coefficient (Wildman–Crippen LogP) is 3.50. The molecule has 96 valence electrons. The monoisotopic (exact) mass is 235 g/mol. The summed E-state index contributed by atoms with van der Waals surface area (Å²) >= 11 is 0. The van der Waals surface area contributed by atoms with Crippen molar-refractivity contribution in [1.29, 1.82) is 0 Å². The quantitative estimate of drug-likeness (QED) is 0.762. The standard InChI is InChI=1S/C15H25NO/c1-11(2)14-7-6-13(5)10-15(14)17-9-8-16-12(3)4/h6-7,10-12,16H,8-9H2,1-5H3. The Balaban J connectivity index is 2.59. The third-order valence-electron chi connectivity index (χ3n) is 2.70. The second kappa shape index (κ2) is 6.65. The summed E-state index contributed by atoms with van der Waals surface area (Å²) in [4.78, 5) is 0. The highest BCUT2D eigenvalue weighted by molar-refractivity contribution is 5.39. The van der Waals surface area contributed by atoms with Gasteiger partial charge in [0.15, 0.2) is 0 Å². The molecule has 0 heterocycles. The maximum atomic E-state index is 5.87. The van der Waals surface area contributed by atoms with Crippen LogP contribution in [0.1, 0.15) is 44.7 Å². The van der Waals surface area contributed by atoms with Crippen LogP contribution in [0.4, 0.5) is 0 Å². The highest BCUT2D eigenvalue weighted by Gasteiger charge is 2.07. The van der Waals surface area contributed by atoms with Gasteiger partial charge in [0.25, 0.3) is 0 Å². The van der Waals surface area contributed by atoms with Crippen molar-refractivity contribution >= 4 is 0 Å². The van der Waals surface area contributed by atoms with Crippen LogP contribution in [0, 0.1) is 6.92 Å². The molecule has 0 unspecified atom stereocenters. The molecule has 0 radical (unpaired) electrons. The lowest BCUT2D eigenvalue weighted by Crippen LogP contribution is -2.27. The van der Waals surface area contributed by atoms with Crippen molar-refractivity contribution in [2.75, 3.05) is 13.2 Å². The molecule has 0 atom stereocenters. The van der Waals surface area contributed by atoms with Gasteiger partial charge in [-0.1, -0.05) is 39.8 Å². The summed E-state index contributed by atoms with van der Waals surface area (Å²) < 4.78 is 5.87. The van der Waals surface area contributed by atoms with E-state index in [2.05, 4.69) is 58.1 Å². The molecule has 0 spiro atoms. The van der Waals surface area contributed by atoms with Gasteiger partial charge in [-0.15, -0.1) is 0 Å². The van der Waals surface area contributed by atoms with E-state index in [1.165, 1.54) is 11.1 Å². The van der Waals surface area contributed by atoms with Gasteiger partial charge in [0.2, 0.25) is 0 Å². The van der Waals surface area contributed by atoms with Crippen LogP contribution in [0.25, 0.3) is 0 Å². The summed E-state index contributed by atoms with van der Waals surface area (Å²) in [5.41, 5.74) is 2.54. The fourth-order valence-electron chi connectivity index (χ4n) is 1.75. The lowest BCUT2D eigenvalue weighted by atomic mass is 10.0. The molecule has 0 bridgehead atoms. The molecule has 1 rings (SSSR count). The number of aryl methyl sites for hydroxylation is 1. The first kappa shape index (κ1) is 14.0. The number of benzene rings is 1. The molecule has 0 aliphatic carbocycles. The van der Waals surface area contributed by atoms with Gasteiger partial charge in [-0.2, -0.15) is 0 Å². The summed E-state index contributed by atoms with van der Waals surface area (Å²) in [5, 5.41) is 3.35. The van der Waals surface area contributed by atoms with Crippen LogP contribution in [0.5, 0.6) is 5.75 Å². The number of hydrogen-bond acceptors (Lipinski definition) is 2. The second-order valence-electron chi connectivity index (χ2n) is 5.15. The molecule has 0 saturated heterocycles. The highest BCUT2D eigenvalue weighted by atomic mass is 16.5. The molecule has 0 aliphatic rings. The van der Waals surface area contributed by atoms with E-state index in [-0.39, 0.29) is 0 Å². The van der Waals surface area contributed by atoms with Crippen LogP contribution in [0.2, 0.25) is 0 Å². The molecule has 1 aromatic rings. The average molecular weight is 235 g/mol. The molecule has 1 aromatic carbocycles. The summed E-state index contributed by atoms with van der Waals surface area (Å²) in [6.07, 6.45) is 0. The first-order valence-electron chi connectivity index (χ1n) is 6.47. The topological polar surface area (TPSA) is 21.3 Å². The Hall–Kier alpha value is -1.02. The molecule has 0 amide bonds. The molecular weight excluding hydrogens is 210 g/mol. The molecule has 2 heteroatoms. The van der Waals surface area contributed by atoms with Crippen molar-refractivity contribution in [3.05, 3.63) is 29.3 Å². The van der Waals surface area contributed by atoms with E-state index in [4.69, 9.17) is 4.74 Å². The normalized spacial score (nSPS) is 11.2. The maximum Gasteiger partial charge on any atom is 0.123 e. The van der Waals surface area contributed by atoms with Crippen molar-refractivity contribution in [3.8, 4) is 5.75 Å². The Morgan fingerprint density at radius 1 is 1.18 bits per heavy atom. The number of rotatable bonds is 6. The highest BCUT2D eigenvalue weighted by Crippen LogP contribution is 2.27. The molecule has 1 N–H and O–H groups in total. The van der Waals surface area contributed by atoms with E-state index in [0.29, 0.717) is 12.0 Å². The van der Waals surface area contributed by atoms with Crippen molar-refractivity contribution in [2.24, 2.45) is 0 Å². The largest absolute Gasteiger partial charge is 0.492 e. The van der Waals surface area contributed by atoms with Gasteiger partial charge in [0.05, 0.1) is 0 Å². The third kappa shape index (κ3) is 4.78. The molecule has 0 fully saturated rings. The first-order valence-corrected chi connectivity index (χ1v) is 6.47. The van der Waals surface area contributed by atoms with Gasteiger partial charge >= 0.3 is 0 Å². The first-order chi connectivity index (χ1) is 8.00. The molecule has 0 aliphatic heterocycles. The van der Waals surface area contributed by atoms with Crippen LogP contribution in [-0.4, -0.2) is 19.2 Å². The van der Waals surface area contributed by atoms with Gasteiger partial charge in [0, 0.05) is 12.6 Å². The number of hydrogen-bond donors (Lipinski definition) is 1. The van der Waals surface area contributed by atoms with Crippen molar-refractivity contribution in [3.63, 3.8) is 0 Å².